The van der Waals surface area contributed by atoms with Crippen molar-refractivity contribution in [2.24, 2.45) is 0 Å². The van der Waals surface area contributed by atoms with E-state index in [1.54, 1.807) is 0 Å². The van der Waals surface area contributed by atoms with E-state index in [-0.39, 0.29) is 0 Å². The van der Waals surface area contributed by atoms with Gasteiger partial charge in [-0.3, -0.25) is 9.97 Å². The summed E-state index contributed by atoms with van der Waals surface area (Å²) in [7, 11) is 0. The topological polar surface area (TPSA) is 51.6 Å². The molecule has 27 aromatic rings. The summed E-state index contributed by atoms with van der Waals surface area (Å²) in [5.74, 6) is 0. The maximum absolute atomic E-state index is 5.66. The van der Waals surface area contributed by atoms with Crippen LogP contribution >= 0.6 is 0 Å². The van der Waals surface area contributed by atoms with Crippen molar-refractivity contribution in [3.63, 3.8) is 0 Å². The average Bonchev–Trinajstić information content (AvgIpc) is 0.731. The molecule has 23 aromatic carbocycles. The summed E-state index contributed by atoms with van der Waals surface area (Å²) >= 11 is 0. The molecule has 4 aromatic heterocycles. The number of hydrogen-bond acceptors (Lipinski definition) is 4. The van der Waals surface area contributed by atoms with Gasteiger partial charge in [-0.2, -0.15) is 0 Å². The van der Waals surface area contributed by atoms with Gasteiger partial charge in [0.1, 0.15) is 0 Å². The summed E-state index contributed by atoms with van der Waals surface area (Å²) in [5.41, 5.74) is 21.0. The fourth-order valence-electron chi connectivity index (χ4n) is 21.2. The molecule has 0 unspecified atom stereocenters. The molecule has 0 fully saturated rings. The van der Waals surface area contributed by atoms with E-state index >= 15 is 0 Å². The lowest BCUT2D eigenvalue weighted by Crippen LogP contribution is -1.94. The molecule has 0 atom stereocenters. The van der Waals surface area contributed by atoms with Gasteiger partial charge in [0.05, 0.1) is 27.9 Å². The Morgan fingerprint density at radius 3 is 0.695 bits per heavy atom. The Balaban J connectivity index is 0.000000136. The molecular weight excluding hydrogens is 1550 g/mol. The molecule has 0 aliphatic heterocycles. The third kappa shape index (κ3) is 11.7. The van der Waals surface area contributed by atoms with Crippen molar-refractivity contribution in [1.29, 1.82) is 0 Å². The molecule has 590 valence electrons. The molecule has 0 saturated heterocycles. The van der Waals surface area contributed by atoms with Crippen LogP contribution in [0, 0.1) is 0 Å². The molecular formula is C124H74N4. The molecule has 0 amide bonds. The molecule has 0 bridgehead atoms. The van der Waals surface area contributed by atoms with E-state index in [4.69, 9.17) is 9.97 Å². The average molecular weight is 1620 g/mol. The van der Waals surface area contributed by atoms with E-state index in [0.717, 1.165) is 105 Å². The quantitative estimate of drug-likeness (QED) is 0.142. The van der Waals surface area contributed by atoms with Gasteiger partial charge in [-0.05, 0) is 280 Å². The van der Waals surface area contributed by atoms with Gasteiger partial charge in [0.15, 0.2) is 0 Å². The number of pyridine rings is 4. The molecule has 0 aliphatic rings. The minimum atomic E-state index is 0.947. The molecule has 4 heterocycles. The number of aromatic nitrogens is 4. The second-order valence-corrected chi connectivity index (χ2v) is 34.0. The molecule has 0 spiro atoms. The Morgan fingerprint density at radius 2 is 0.359 bits per heavy atom. The van der Waals surface area contributed by atoms with Gasteiger partial charge in [0.25, 0.3) is 0 Å². The van der Waals surface area contributed by atoms with Gasteiger partial charge in [-0.1, -0.05) is 358 Å². The maximum Gasteiger partial charge on any atom is 0.0794 e. The summed E-state index contributed by atoms with van der Waals surface area (Å²) in [4.78, 5) is 20.2. The first-order valence-electron chi connectivity index (χ1n) is 44.0. The summed E-state index contributed by atoms with van der Waals surface area (Å²) in [6.45, 7) is 0. The number of rotatable bonds is 8. The van der Waals surface area contributed by atoms with Crippen molar-refractivity contribution < 1.29 is 0 Å². The van der Waals surface area contributed by atoms with Gasteiger partial charge in [0, 0.05) is 56.6 Å². The lowest BCUT2D eigenvalue weighted by Gasteiger charge is -2.17. The van der Waals surface area contributed by atoms with Crippen molar-refractivity contribution in [1.82, 2.24) is 19.9 Å². The highest BCUT2D eigenvalue weighted by molar-refractivity contribution is 6.31. The van der Waals surface area contributed by atoms with E-state index in [2.05, 4.69) is 441 Å². The van der Waals surface area contributed by atoms with E-state index in [0.29, 0.717) is 0 Å². The first kappa shape index (κ1) is 72.7. The largest absolute Gasteiger partial charge is 0.265 e. The standard InChI is InChI=1S/C64H38N2.C60H36N2/c1-3-17-48-44(13-1)46-15-5-7-19-50(46)59-35-41(29-31-53(48)59)57-37-61-58(40-27-25-39(26-28-40)43-33-34-65-62-24-12-11-22-55(43)62)38-63(66-64(61)56-23-10-9-21-52(56)57)42-30-32-54-49-18-4-2-14-45(49)47-16-6-8-20-51(47)60(54)36-42;1-3-15-46-42(11-1)44-13-5-7-17-48(44)56-33-40(25-27-51(46)56)54-35-58-55(39-23-21-37(22-24-39)38-29-31-61-32-30-38)36-59(62-60(58)53-20-10-9-19-50(53)54)41-26-28-52-47-16-4-2-12-43(47)45-14-6-8-18-49(45)57(52)34-41/h1-38H;1-36H. The van der Waals surface area contributed by atoms with Crippen molar-refractivity contribution >= 4 is 184 Å². The Labute approximate surface area is 736 Å². The molecule has 4 heteroatoms. The highest BCUT2D eigenvalue weighted by Crippen LogP contribution is 2.49. The normalized spacial score (nSPS) is 11.9. The first-order valence-corrected chi connectivity index (χ1v) is 44.0. The van der Waals surface area contributed by atoms with Crippen LogP contribution in [0.25, 0.3) is 273 Å². The van der Waals surface area contributed by atoms with Gasteiger partial charge in [-0.25, -0.2) is 9.97 Å². The second kappa shape index (κ2) is 29.4. The monoisotopic (exact) mass is 1620 g/mol. The fourth-order valence-corrected chi connectivity index (χ4v) is 21.2. The van der Waals surface area contributed by atoms with E-state index in [1.165, 1.54) is 168 Å². The Kier molecular flexibility index (Phi) is 16.7. The summed E-state index contributed by atoms with van der Waals surface area (Å²) in [5, 5.41) is 38.4. The van der Waals surface area contributed by atoms with Crippen LogP contribution < -0.4 is 0 Å². The minimum Gasteiger partial charge on any atom is -0.265 e. The number of fused-ring (bicyclic) bond motifs is 31. The lowest BCUT2D eigenvalue weighted by molar-refractivity contribution is 1.33. The number of hydrogen-bond donors (Lipinski definition) is 0. The highest BCUT2D eigenvalue weighted by atomic mass is 14.7. The summed E-state index contributed by atoms with van der Waals surface area (Å²) in [6, 6.07) is 158. The van der Waals surface area contributed by atoms with Crippen LogP contribution in [0.1, 0.15) is 0 Å². The predicted octanol–water partition coefficient (Wildman–Crippen LogP) is 33.9. The van der Waals surface area contributed by atoms with Crippen LogP contribution in [-0.4, -0.2) is 19.9 Å². The third-order valence-corrected chi connectivity index (χ3v) is 27.2. The van der Waals surface area contributed by atoms with Crippen LogP contribution in [0.3, 0.4) is 0 Å². The summed E-state index contributed by atoms with van der Waals surface area (Å²) in [6.07, 6.45) is 5.62. The first-order chi connectivity index (χ1) is 63.5. The lowest BCUT2D eigenvalue weighted by atomic mass is 9.88. The van der Waals surface area contributed by atoms with E-state index in [1.807, 2.05) is 18.6 Å². The van der Waals surface area contributed by atoms with Crippen molar-refractivity contribution in [3.05, 3.63) is 449 Å². The van der Waals surface area contributed by atoms with Crippen molar-refractivity contribution in [3.8, 4) is 89.3 Å². The zero-order chi connectivity index (χ0) is 84.0. The van der Waals surface area contributed by atoms with E-state index < -0.39 is 0 Å². The van der Waals surface area contributed by atoms with Gasteiger partial charge < -0.3 is 0 Å². The van der Waals surface area contributed by atoms with Crippen molar-refractivity contribution in [2.75, 3.05) is 0 Å². The van der Waals surface area contributed by atoms with Gasteiger partial charge in [0.2, 0.25) is 0 Å². The van der Waals surface area contributed by atoms with Crippen LogP contribution in [0.4, 0.5) is 0 Å². The van der Waals surface area contributed by atoms with E-state index in [9.17, 15) is 0 Å². The third-order valence-electron chi connectivity index (χ3n) is 27.2. The highest BCUT2D eigenvalue weighted by Gasteiger charge is 2.23. The molecule has 0 aliphatic carbocycles. The zero-order valence-corrected chi connectivity index (χ0v) is 69.5. The van der Waals surface area contributed by atoms with Crippen LogP contribution in [0.5, 0.6) is 0 Å². The molecule has 0 saturated carbocycles. The smallest absolute Gasteiger partial charge is 0.0794 e. The number of para-hydroxylation sites is 1. The SMILES string of the molecule is c1ccc2c(-c3ccc(-c4cc(-c5ccc6c7ccccc7c7ccccc7c6c5)nc5c4cc(-c4ccc6c7ccccc7c7ccccc7c6c4)c4ccccc45)cc3)ccnc2c1.c1ccc2c(c1)c(-c1ccc3c4ccccc4c4ccccc4c3c1)cc1c(-c3ccc(-c4ccncc4)cc3)cc(-c3ccc4c5ccccc5c5ccccc5c4c3)nc12. The van der Waals surface area contributed by atoms with Crippen LogP contribution in [0.15, 0.2) is 449 Å². The van der Waals surface area contributed by atoms with Crippen molar-refractivity contribution in [2.45, 2.75) is 0 Å². The van der Waals surface area contributed by atoms with Gasteiger partial charge >= 0.3 is 0 Å². The van der Waals surface area contributed by atoms with Crippen LogP contribution in [0.2, 0.25) is 0 Å². The maximum atomic E-state index is 5.66. The molecule has 128 heavy (non-hydrogen) atoms. The fraction of sp³-hybridized carbons (Fsp3) is 0. The van der Waals surface area contributed by atoms with Gasteiger partial charge in [-0.15, -0.1) is 0 Å². The molecule has 27 rings (SSSR count). The predicted molar refractivity (Wildman–Crippen MR) is 545 cm³/mol. The number of nitrogens with zero attached hydrogens (tertiary/aromatic N) is 4. The molecule has 0 radical (unpaired) electrons. The van der Waals surface area contributed by atoms with Crippen LogP contribution in [-0.2, 0) is 0 Å². The number of benzene rings is 23. The summed E-state index contributed by atoms with van der Waals surface area (Å²) < 4.78 is 0. The Morgan fingerprint density at radius 1 is 0.125 bits per heavy atom. The zero-order valence-electron chi connectivity index (χ0n) is 69.5. The minimum absolute atomic E-state index is 0.947. The second-order valence-electron chi connectivity index (χ2n) is 34.0. The molecule has 0 N–H and O–H groups in total. The Hall–Kier alpha value is -16.9. The Bertz CT molecular complexity index is 9240. The molecule has 4 nitrogen and oxygen atoms in total.